The number of esters is 1. The molecule has 1 unspecified atom stereocenters. The second-order valence-corrected chi connectivity index (χ2v) is 9.74. The molecule has 2 heterocycles. The third kappa shape index (κ3) is 3.23. The summed E-state index contributed by atoms with van der Waals surface area (Å²) >= 11 is 3.20. The van der Waals surface area contributed by atoms with Gasteiger partial charge in [-0.2, -0.15) is 0 Å². The highest BCUT2D eigenvalue weighted by Gasteiger charge is 2.62. The first-order valence-corrected chi connectivity index (χ1v) is 12.2. The van der Waals surface area contributed by atoms with E-state index in [-0.39, 0.29) is 58.1 Å². The summed E-state index contributed by atoms with van der Waals surface area (Å²) in [4.78, 5) is 42.2. The van der Waals surface area contributed by atoms with Gasteiger partial charge in [-0.1, -0.05) is 17.7 Å². The molecule has 0 saturated heterocycles. The molecule has 186 valence electrons. The zero-order chi connectivity index (χ0) is 25.9. The minimum atomic E-state index is -1.87. The third-order valence-electron chi connectivity index (χ3n) is 6.75. The molecule has 1 spiro atoms. The van der Waals surface area contributed by atoms with Crippen LogP contribution in [0.5, 0.6) is 0 Å². The van der Waals surface area contributed by atoms with Crippen molar-refractivity contribution >= 4 is 45.0 Å². The number of hydrogen-bond acceptors (Lipinski definition) is 6. The smallest absolute Gasteiger partial charge is 0.339 e. The third-order valence-corrected chi connectivity index (χ3v) is 7.36. The van der Waals surface area contributed by atoms with Crippen LogP contribution in [-0.4, -0.2) is 24.3 Å². The molecule has 1 amide bonds. The van der Waals surface area contributed by atoms with Gasteiger partial charge in [-0.3, -0.25) is 14.5 Å². The fraction of sp³-hybridized carbons (Fsp3) is 0.269. The number of ether oxygens (including phenoxy) is 1. The van der Waals surface area contributed by atoms with Crippen LogP contribution in [0.2, 0.25) is 0 Å². The zero-order valence-electron chi connectivity index (χ0n) is 19.5. The number of carbonyl (C=O) groups excluding carboxylic acids is 3. The average Bonchev–Trinajstić information content (AvgIpc) is 3.07. The maximum absolute atomic E-state index is 15.2. The van der Waals surface area contributed by atoms with Crippen molar-refractivity contribution in [3.05, 3.63) is 80.2 Å². The number of Topliss-reactive ketones (excluding diaryl/α,β-unsaturated/α-hetero) is 1. The van der Waals surface area contributed by atoms with Crippen LogP contribution in [0.4, 0.5) is 20.2 Å². The Balaban J connectivity index is 1.94. The Hall–Kier alpha value is -3.53. The molecule has 3 aliphatic rings. The number of nitrogens with one attached hydrogen (secondary N) is 1. The maximum Gasteiger partial charge on any atom is 0.339 e. The first kappa shape index (κ1) is 24.2. The van der Waals surface area contributed by atoms with Crippen LogP contribution in [0.3, 0.4) is 0 Å². The van der Waals surface area contributed by atoms with Crippen molar-refractivity contribution in [3.8, 4) is 0 Å². The lowest BCUT2D eigenvalue weighted by molar-refractivity contribution is -0.140. The fourth-order valence-electron chi connectivity index (χ4n) is 5.43. The maximum atomic E-state index is 15.2. The number of nitrogens with two attached hydrogens (primary N) is 1. The average molecular weight is 558 g/mol. The van der Waals surface area contributed by atoms with Crippen molar-refractivity contribution in [3.63, 3.8) is 0 Å². The van der Waals surface area contributed by atoms with E-state index >= 15 is 4.39 Å². The van der Waals surface area contributed by atoms with E-state index in [2.05, 4.69) is 21.2 Å². The van der Waals surface area contributed by atoms with E-state index in [9.17, 15) is 18.8 Å². The number of ketones is 1. The van der Waals surface area contributed by atoms with Gasteiger partial charge < -0.3 is 15.8 Å². The number of anilines is 2. The molecule has 7 nitrogen and oxygen atoms in total. The van der Waals surface area contributed by atoms with E-state index in [1.165, 1.54) is 4.90 Å². The number of aryl methyl sites for hydroxylation is 1. The van der Waals surface area contributed by atoms with Crippen molar-refractivity contribution < 1.29 is 27.9 Å². The number of fused-ring (bicyclic) bond motifs is 3. The van der Waals surface area contributed by atoms with Gasteiger partial charge in [-0.05, 0) is 54.8 Å². The molecule has 1 aliphatic carbocycles. The van der Waals surface area contributed by atoms with Gasteiger partial charge >= 0.3 is 5.97 Å². The molecule has 36 heavy (non-hydrogen) atoms. The van der Waals surface area contributed by atoms with Crippen molar-refractivity contribution in [1.29, 1.82) is 0 Å². The summed E-state index contributed by atoms with van der Waals surface area (Å²) in [5, 5.41) is 2.80. The van der Waals surface area contributed by atoms with Crippen LogP contribution in [0.1, 0.15) is 37.3 Å². The zero-order valence-corrected chi connectivity index (χ0v) is 21.1. The number of amides is 1. The number of carbonyl (C=O) groups is 3. The second kappa shape index (κ2) is 8.55. The predicted molar refractivity (Wildman–Crippen MR) is 132 cm³/mol. The fourth-order valence-corrected chi connectivity index (χ4v) is 6.01. The molecular formula is C26H22BrF2N3O4. The molecule has 0 bridgehead atoms. The van der Waals surface area contributed by atoms with Crippen LogP contribution in [-0.2, 0) is 24.5 Å². The number of hydrogen-bond donors (Lipinski definition) is 2. The van der Waals surface area contributed by atoms with E-state index in [0.717, 1.165) is 11.6 Å². The molecule has 0 saturated carbocycles. The van der Waals surface area contributed by atoms with E-state index in [1.807, 2.05) is 6.92 Å². The molecule has 0 aromatic heterocycles. The molecule has 0 fully saturated rings. The number of halogens is 3. The summed E-state index contributed by atoms with van der Waals surface area (Å²) in [5.41, 5.74) is 6.27. The minimum Gasteiger partial charge on any atom is -0.462 e. The van der Waals surface area contributed by atoms with Gasteiger partial charge in [0.05, 0.1) is 12.3 Å². The van der Waals surface area contributed by atoms with E-state index in [0.29, 0.717) is 23.7 Å². The Morgan fingerprint density at radius 3 is 2.67 bits per heavy atom. The Morgan fingerprint density at radius 2 is 1.97 bits per heavy atom. The van der Waals surface area contributed by atoms with Gasteiger partial charge in [-0.25, -0.2) is 13.6 Å². The molecule has 5 rings (SSSR count). The summed E-state index contributed by atoms with van der Waals surface area (Å²) in [6.45, 7) is 3.40. The van der Waals surface area contributed by atoms with Crippen LogP contribution in [0.15, 0.2) is 57.5 Å². The van der Waals surface area contributed by atoms with Crippen molar-refractivity contribution in [2.75, 3.05) is 16.8 Å². The Labute approximate surface area is 214 Å². The summed E-state index contributed by atoms with van der Waals surface area (Å²) < 4.78 is 34.5. The molecule has 2 aliphatic heterocycles. The lowest BCUT2D eigenvalue weighted by atomic mass is 9.63. The van der Waals surface area contributed by atoms with Gasteiger partial charge in [0, 0.05) is 39.5 Å². The summed E-state index contributed by atoms with van der Waals surface area (Å²) in [6, 6.07) is 6.98. The van der Waals surface area contributed by atoms with Gasteiger partial charge in [-0.15, -0.1) is 0 Å². The Morgan fingerprint density at radius 1 is 1.22 bits per heavy atom. The monoisotopic (exact) mass is 557 g/mol. The van der Waals surface area contributed by atoms with Crippen LogP contribution in [0.25, 0.3) is 0 Å². The van der Waals surface area contributed by atoms with Crippen molar-refractivity contribution in [2.24, 2.45) is 5.73 Å². The van der Waals surface area contributed by atoms with Gasteiger partial charge in [0.2, 0.25) is 5.91 Å². The molecule has 3 N–H and O–H groups in total. The molecule has 1 atom stereocenters. The van der Waals surface area contributed by atoms with Gasteiger partial charge in [0.1, 0.15) is 22.6 Å². The predicted octanol–water partition coefficient (Wildman–Crippen LogP) is 4.49. The van der Waals surface area contributed by atoms with Crippen LogP contribution < -0.4 is 16.0 Å². The molecule has 10 heteroatoms. The standard InChI is InChI=1S/C26H22BrF2N3O4/c1-3-36-24(34)21-23(30)32(22-15(27)10-13(28)11-16(22)29)18-5-4-6-19(33)20(18)26(21)14-9-12(2)7-8-17(14)31-25(26)35/h7-11H,3-6,30H2,1-2H3,(H,31,35). The van der Waals surface area contributed by atoms with Gasteiger partial charge in [0.15, 0.2) is 11.6 Å². The summed E-state index contributed by atoms with van der Waals surface area (Å²) in [6.07, 6.45) is 0.832. The van der Waals surface area contributed by atoms with E-state index < -0.39 is 28.9 Å². The van der Waals surface area contributed by atoms with Crippen LogP contribution >= 0.6 is 15.9 Å². The second-order valence-electron chi connectivity index (χ2n) is 8.89. The highest BCUT2D eigenvalue weighted by atomic mass is 79.9. The summed E-state index contributed by atoms with van der Waals surface area (Å²) in [7, 11) is 0. The quantitative estimate of drug-likeness (QED) is 0.539. The lowest BCUT2D eigenvalue weighted by Crippen LogP contribution is -2.53. The first-order chi connectivity index (χ1) is 17.1. The number of rotatable bonds is 3. The first-order valence-electron chi connectivity index (χ1n) is 11.4. The number of benzene rings is 2. The Kier molecular flexibility index (Phi) is 5.74. The highest BCUT2D eigenvalue weighted by molar-refractivity contribution is 9.10. The SMILES string of the molecule is CCOC(=O)C1=C(N)N(c2c(F)cc(F)cc2Br)C2=C(C(=O)CCC2)C12C(=O)Nc1ccc(C)cc12. The highest BCUT2D eigenvalue weighted by Crippen LogP contribution is 2.56. The molecule has 2 aromatic carbocycles. The van der Waals surface area contributed by atoms with Crippen LogP contribution in [0, 0.1) is 18.6 Å². The Bertz CT molecular complexity index is 1410. The molecular weight excluding hydrogens is 536 g/mol. The number of allylic oxidation sites excluding steroid dienone is 1. The number of nitrogens with zero attached hydrogens (tertiary/aromatic N) is 1. The lowest BCUT2D eigenvalue weighted by Gasteiger charge is -2.44. The molecule has 2 aromatic rings. The molecule has 0 radical (unpaired) electrons. The minimum absolute atomic E-state index is 0.0254. The van der Waals surface area contributed by atoms with E-state index in [1.54, 1.807) is 25.1 Å². The normalized spacial score (nSPS) is 21.1. The van der Waals surface area contributed by atoms with Gasteiger partial charge in [0.25, 0.3) is 0 Å². The van der Waals surface area contributed by atoms with Crippen molar-refractivity contribution in [2.45, 2.75) is 38.5 Å². The topological polar surface area (TPSA) is 102 Å². The van der Waals surface area contributed by atoms with E-state index in [4.69, 9.17) is 10.5 Å². The van der Waals surface area contributed by atoms with Crippen molar-refractivity contribution in [1.82, 2.24) is 0 Å². The largest absolute Gasteiger partial charge is 0.462 e. The summed E-state index contributed by atoms with van der Waals surface area (Å²) in [5.74, 6) is -3.93.